The van der Waals surface area contributed by atoms with Gasteiger partial charge in [-0.3, -0.25) is 4.79 Å². The van der Waals surface area contributed by atoms with Crippen LogP contribution in [-0.4, -0.2) is 24.2 Å². The van der Waals surface area contributed by atoms with Gasteiger partial charge in [-0.25, -0.2) is 0 Å². The normalized spacial score (nSPS) is 11.6. The maximum absolute atomic E-state index is 12.0. The fourth-order valence-electron chi connectivity index (χ4n) is 2.07. The molecule has 1 unspecified atom stereocenters. The Hall–Kier alpha value is -1.10. The standard InChI is InChI=1S/C15H24N2O2.ClH/c1-2-3-13(8-9-18)11-17-15(19)14-6-4-12(10-16)5-7-14;/h4-7,13,18H,2-3,8-11,16H2,1H3,(H,17,19);1H. The van der Waals surface area contributed by atoms with Gasteiger partial charge in [-0.2, -0.15) is 0 Å². The van der Waals surface area contributed by atoms with Crippen molar-refractivity contribution in [3.05, 3.63) is 35.4 Å². The van der Waals surface area contributed by atoms with E-state index in [0.717, 1.165) is 24.8 Å². The van der Waals surface area contributed by atoms with Gasteiger partial charge in [0.25, 0.3) is 5.91 Å². The predicted molar refractivity (Wildman–Crippen MR) is 84.0 cm³/mol. The van der Waals surface area contributed by atoms with Gasteiger partial charge in [0.15, 0.2) is 0 Å². The fourth-order valence-corrected chi connectivity index (χ4v) is 2.07. The summed E-state index contributed by atoms with van der Waals surface area (Å²) in [7, 11) is 0. The van der Waals surface area contributed by atoms with Crippen molar-refractivity contribution in [3.63, 3.8) is 0 Å². The number of halogens is 1. The molecule has 1 aromatic rings. The Morgan fingerprint density at radius 2 is 1.95 bits per heavy atom. The van der Waals surface area contributed by atoms with Gasteiger partial charge in [0.2, 0.25) is 0 Å². The van der Waals surface area contributed by atoms with Gasteiger partial charge < -0.3 is 16.2 Å². The zero-order valence-electron chi connectivity index (χ0n) is 12.0. The molecule has 1 aromatic carbocycles. The minimum absolute atomic E-state index is 0. The number of aliphatic hydroxyl groups excluding tert-OH is 1. The molecule has 0 radical (unpaired) electrons. The van der Waals surface area contributed by atoms with E-state index in [4.69, 9.17) is 10.8 Å². The largest absolute Gasteiger partial charge is 0.396 e. The number of carbonyl (C=O) groups is 1. The van der Waals surface area contributed by atoms with Crippen molar-refractivity contribution >= 4 is 18.3 Å². The zero-order valence-corrected chi connectivity index (χ0v) is 12.8. The maximum atomic E-state index is 12.0. The molecule has 0 fully saturated rings. The van der Waals surface area contributed by atoms with Gasteiger partial charge in [-0.1, -0.05) is 25.5 Å². The Bertz CT molecular complexity index is 376. The van der Waals surface area contributed by atoms with Crippen LogP contribution in [0.5, 0.6) is 0 Å². The number of benzene rings is 1. The lowest BCUT2D eigenvalue weighted by Gasteiger charge is -2.15. The number of carbonyl (C=O) groups excluding carboxylic acids is 1. The molecule has 0 saturated carbocycles. The predicted octanol–water partition coefficient (Wildman–Crippen LogP) is 2.10. The van der Waals surface area contributed by atoms with Crippen LogP contribution in [0.15, 0.2) is 24.3 Å². The Morgan fingerprint density at radius 3 is 2.45 bits per heavy atom. The summed E-state index contributed by atoms with van der Waals surface area (Å²) >= 11 is 0. The van der Waals surface area contributed by atoms with Crippen molar-refractivity contribution < 1.29 is 9.90 Å². The third-order valence-electron chi connectivity index (χ3n) is 3.24. The van der Waals surface area contributed by atoms with E-state index >= 15 is 0 Å². The summed E-state index contributed by atoms with van der Waals surface area (Å²) in [4.78, 5) is 12.0. The number of aliphatic hydroxyl groups is 1. The molecule has 0 heterocycles. The van der Waals surface area contributed by atoms with E-state index in [9.17, 15) is 4.79 Å². The summed E-state index contributed by atoms with van der Waals surface area (Å²) in [5.41, 5.74) is 7.18. The summed E-state index contributed by atoms with van der Waals surface area (Å²) in [6, 6.07) is 7.31. The van der Waals surface area contributed by atoms with Gasteiger partial charge >= 0.3 is 0 Å². The molecule has 0 aromatic heterocycles. The highest BCUT2D eigenvalue weighted by atomic mass is 35.5. The Kier molecular flexibility index (Phi) is 10.1. The molecule has 1 atom stereocenters. The molecule has 0 saturated heterocycles. The van der Waals surface area contributed by atoms with Crippen LogP contribution in [0.2, 0.25) is 0 Å². The first-order chi connectivity index (χ1) is 9.21. The molecule has 0 aliphatic heterocycles. The zero-order chi connectivity index (χ0) is 14.1. The summed E-state index contributed by atoms with van der Waals surface area (Å²) < 4.78 is 0. The van der Waals surface area contributed by atoms with Crippen molar-refractivity contribution in [2.24, 2.45) is 11.7 Å². The molecule has 20 heavy (non-hydrogen) atoms. The molecule has 0 aliphatic rings. The van der Waals surface area contributed by atoms with Gasteiger partial charge in [-0.15, -0.1) is 12.4 Å². The third-order valence-corrected chi connectivity index (χ3v) is 3.24. The van der Waals surface area contributed by atoms with Crippen LogP contribution in [0.25, 0.3) is 0 Å². The van der Waals surface area contributed by atoms with Gasteiger partial charge in [0.1, 0.15) is 0 Å². The molecule has 0 bridgehead atoms. The highest BCUT2D eigenvalue weighted by molar-refractivity contribution is 5.94. The molecular weight excluding hydrogens is 276 g/mol. The minimum Gasteiger partial charge on any atom is -0.396 e. The topological polar surface area (TPSA) is 75.3 Å². The molecule has 4 nitrogen and oxygen atoms in total. The molecule has 114 valence electrons. The van der Waals surface area contributed by atoms with E-state index in [1.807, 2.05) is 12.1 Å². The number of hydrogen-bond acceptors (Lipinski definition) is 3. The Balaban J connectivity index is 0.00000361. The van der Waals surface area contributed by atoms with Crippen molar-refractivity contribution in [1.29, 1.82) is 0 Å². The molecule has 1 amide bonds. The van der Waals surface area contributed by atoms with Gasteiger partial charge in [0, 0.05) is 25.3 Å². The van der Waals surface area contributed by atoms with Crippen LogP contribution in [0.3, 0.4) is 0 Å². The van der Waals surface area contributed by atoms with Gasteiger partial charge in [0.05, 0.1) is 0 Å². The molecule has 5 heteroatoms. The average Bonchev–Trinajstić information content (AvgIpc) is 2.45. The van der Waals surface area contributed by atoms with Crippen LogP contribution in [0, 0.1) is 5.92 Å². The second kappa shape index (κ2) is 10.7. The lowest BCUT2D eigenvalue weighted by Crippen LogP contribution is -2.29. The molecule has 0 spiro atoms. The lowest BCUT2D eigenvalue weighted by molar-refractivity contribution is 0.0943. The quantitative estimate of drug-likeness (QED) is 0.688. The SMILES string of the molecule is CCCC(CCO)CNC(=O)c1ccc(CN)cc1.Cl. The first-order valence-electron chi connectivity index (χ1n) is 6.89. The molecule has 1 rings (SSSR count). The monoisotopic (exact) mass is 300 g/mol. The molecule has 4 N–H and O–H groups in total. The van der Waals surface area contributed by atoms with Crippen LogP contribution in [0.1, 0.15) is 42.1 Å². The van der Waals surface area contributed by atoms with Crippen LogP contribution in [0.4, 0.5) is 0 Å². The van der Waals surface area contributed by atoms with Crippen molar-refractivity contribution in [3.8, 4) is 0 Å². The van der Waals surface area contributed by atoms with E-state index in [1.54, 1.807) is 12.1 Å². The van der Waals surface area contributed by atoms with Crippen LogP contribution >= 0.6 is 12.4 Å². The number of amides is 1. The van der Waals surface area contributed by atoms with E-state index < -0.39 is 0 Å². The van der Waals surface area contributed by atoms with Crippen molar-refractivity contribution in [1.82, 2.24) is 5.32 Å². The highest BCUT2D eigenvalue weighted by Gasteiger charge is 2.10. The fraction of sp³-hybridized carbons (Fsp3) is 0.533. The second-order valence-corrected chi connectivity index (χ2v) is 4.78. The summed E-state index contributed by atoms with van der Waals surface area (Å²) in [6.07, 6.45) is 2.82. The number of hydrogen-bond donors (Lipinski definition) is 3. The van der Waals surface area contributed by atoms with Crippen molar-refractivity contribution in [2.75, 3.05) is 13.2 Å². The molecular formula is C15H25ClN2O2. The van der Waals surface area contributed by atoms with Gasteiger partial charge in [-0.05, 0) is 36.5 Å². The minimum atomic E-state index is -0.0670. The van der Waals surface area contributed by atoms with E-state index in [-0.39, 0.29) is 24.9 Å². The van der Waals surface area contributed by atoms with Crippen molar-refractivity contribution in [2.45, 2.75) is 32.7 Å². The van der Waals surface area contributed by atoms with E-state index in [1.165, 1.54) is 0 Å². The first-order valence-corrected chi connectivity index (χ1v) is 6.89. The maximum Gasteiger partial charge on any atom is 0.251 e. The second-order valence-electron chi connectivity index (χ2n) is 4.78. The Labute approximate surface area is 127 Å². The smallest absolute Gasteiger partial charge is 0.251 e. The summed E-state index contributed by atoms with van der Waals surface area (Å²) in [5, 5.41) is 11.9. The summed E-state index contributed by atoms with van der Waals surface area (Å²) in [5.74, 6) is 0.282. The number of nitrogens with one attached hydrogen (secondary N) is 1. The third kappa shape index (κ3) is 6.37. The Morgan fingerprint density at radius 1 is 1.30 bits per heavy atom. The van der Waals surface area contributed by atoms with Crippen LogP contribution < -0.4 is 11.1 Å². The number of nitrogens with two attached hydrogens (primary N) is 1. The van der Waals surface area contributed by atoms with Crippen LogP contribution in [-0.2, 0) is 6.54 Å². The first kappa shape index (κ1) is 18.9. The number of rotatable bonds is 8. The summed E-state index contributed by atoms with van der Waals surface area (Å²) in [6.45, 7) is 3.38. The lowest BCUT2D eigenvalue weighted by atomic mass is 10.00. The molecule has 0 aliphatic carbocycles. The average molecular weight is 301 g/mol. The van der Waals surface area contributed by atoms with E-state index in [2.05, 4.69) is 12.2 Å². The van der Waals surface area contributed by atoms with E-state index in [0.29, 0.717) is 24.6 Å². The highest BCUT2D eigenvalue weighted by Crippen LogP contribution is 2.10.